The Labute approximate surface area is 173 Å². The second-order valence-electron chi connectivity index (χ2n) is 5.89. The minimum Gasteiger partial charge on any atom is -0.355 e. The van der Waals surface area contributed by atoms with Crippen molar-refractivity contribution in [1.82, 2.24) is 10.2 Å². The van der Waals surface area contributed by atoms with E-state index in [0.717, 1.165) is 0 Å². The van der Waals surface area contributed by atoms with Gasteiger partial charge in [0, 0.05) is 27.2 Å². The number of hydrogen-bond donors (Lipinski definition) is 1. The van der Waals surface area contributed by atoms with Crippen LogP contribution in [0.3, 0.4) is 0 Å². The molecule has 0 fully saturated rings. The number of sulfone groups is 1. The molecule has 5 nitrogen and oxygen atoms in total. The number of aliphatic imine (C=N–C) groups is 1. The first-order valence-electron chi connectivity index (χ1n) is 8.18. The predicted octanol–water partition coefficient (Wildman–Crippen LogP) is 3.09. The number of benzene rings is 2. The van der Waals surface area contributed by atoms with E-state index >= 15 is 0 Å². The van der Waals surface area contributed by atoms with E-state index in [9.17, 15) is 8.42 Å². The molecule has 2 aromatic carbocycles. The topological polar surface area (TPSA) is 61.8 Å². The van der Waals surface area contributed by atoms with E-state index in [1.54, 1.807) is 37.4 Å². The van der Waals surface area contributed by atoms with E-state index in [2.05, 4.69) is 29.4 Å². The fourth-order valence-corrected chi connectivity index (χ4v) is 3.72. The molecule has 0 heterocycles. The van der Waals surface area contributed by atoms with Gasteiger partial charge in [-0.3, -0.25) is 4.99 Å². The van der Waals surface area contributed by atoms with Gasteiger partial charge in [-0.15, -0.1) is 24.0 Å². The van der Waals surface area contributed by atoms with Crippen LogP contribution in [0.4, 0.5) is 0 Å². The number of rotatable bonds is 6. The molecule has 2 aromatic rings. The monoisotopic (exact) mass is 487 g/mol. The number of guanidine groups is 1. The van der Waals surface area contributed by atoms with Gasteiger partial charge in [0.15, 0.2) is 15.8 Å². The van der Waals surface area contributed by atoms with Gasteiger partial charge < -0.3 is 10.2 Å². The van der Waals surface area contributed by atoms with Crippen LogP contribution in [0.2, 0.25) is 0 Å². The summed E-state index contributed by atoms with van der Waals surface area (Å²) in [5.41, 5.74) is 2.43. The lowest BCUT2D eigenvalue weighted by Gasteiger charge is -2.23. The second-order valence-corrected chi connectivity index (χ2v) is 8.00. The van der Waals surface area contributed by atoms with Crippen LogP contribution in [0.25, 0.3) is 0 Å². The molecule has 0 aromatic heterocycles. The maximum atomic E-state index is 12.3. The smallest absolute Gasteiger partial charge is 0.193 e. The quantitative estimate of drug-likeness (QED) is 0.387. The van der Waals surface area contributed by atoms with E-state index in [1.165, 1.54) is 11.1 Å². The Hall–Kier alpha value is -1.61. The lowest BCUT2D eigenvalue weighted by Crippen LogP contribution is -2.40. The van der Waals surface area contributed by atoms with Crippen LogP contribution in [-0.2, 0) is 16.4 Å². The van der Waals surface area contributed by atoms with Gasteiger partial charge in [-0.25, -0.2) is 8.42 Å². The highest BCUT2D eigenvalue weighted by Crippen LogP contribution is 2.10. The van der Waals surface area contributed by atoms with Crippen LogP contribution >= 0.6 is 24.0 Å². The molecule has 0 amide bonds. The Morgan fingerprint density at radius 2 is 1.69 bits per heavy atom. The highest BCUT2D eigenvalue weighted by molar-refractivity contribution is 14.0. The van der Waals surface area contributed by atoms with E-state index in [0.29, 0.717) is 23.9 Å². The van der Waals surface area contributed by atoms with Crippen LogP contribution in [0.5, 0.6) is 0 Å². The number of hydrogen-bond acceptors (Lipinski definition) is 3. The third kappa shape index (κ3) is 6.28. The normalized spacial score (nSPS) is 11.6. The minimum absolute atomic E-state index is 0. The molecule has 0 spiro atoms. The first-order chi connectivity index (χ1) is 11.9. The molecule has 0 radical (unpaired) electrons. The minimum atomic E-state index is -3.29. The lowest BCUT2D eigenvalue weighted by atomic mass is 10.1. The average Bonchev–Trinajstić information content (AvgIpc) is 2.61. The SMILES string of the molecule is CN=C(NCCS(=O)(=O)c1ccccc1)N(C)Cc1ccccc1C.I. The number of aryl methyl sites for hydroxylation is 1. The van der Waals surface area contributed by atoms with Crippen molar-refractivity contribution in [1.29, 1.82) is 0 Å². The third-order valence-electron chi connectivity index (χ3n) is 4.00. The van der Waals surface area contributed by atoms with Crippen LogP contribution in [0.15, 0.2) is 64.5 Å². The Bertz CT molecular complexity index is 824. The van der Waals surface area contributed by atoms with Crippen molar-refractivity contribution in [2.24, 2.45) is 4.99 Å². The van der Waals surface area contributed by atoms with E-state index in [4.69, 9.17) is 0 Å². The first-order valence-corrected chi connectivity index (χ1v) is 9.83. The molecule has 0 unspecified atom stereocenters. The van der Waals surface area contributed by atoms with Crippen molar-refractivity contribution in [3.8, 4) is 0 Å². The van der Waals surface area contributed by atoms with Crippen LogP contribution in [0, 0.1) is 6.92 Å². The summed E-state index contributed by atoms with van der Waals surface area (Å²) in [4.78, 5) is 6.57. The fraction of sp³-hybridized carbons (Fsp3) is 0.316. The fourth-order valence-electron chi connectivity index (χ4n) is 2.55. The first kappa shape index (κ1) is 22.4. The second kappa shape index (κ2) is 10.5. The zero-order valence-corrected chi connectivity index (χ0v) is 18.5. The highest BCUT2D eigenvalue weighted by Gasteiger charge is 2.14. The van der Waals surface area contributed by atoms with Gasteiger partial charge in [0.1, 0.15) is 0 Å². The summed E-state index contributed by atoms with van der Waals surface area (Å²) < 4.78 is 24.6. The van der Waals surface area contributed by atoms with Gasteiger partial charge in [0.25, 0.3) is 0 Å². The molecule has 0 aliphatic carbocycles. The van der Waals surface area contributed by atoms with Gasteiger partial charge in [-0.05, 0) is 30.2 Å². The zero-order chi connectivity index (χ0) is 18.3. The predicted molar refractivity (Wildman–Crippen MR) is 118 cm³/mol. The summed E-state index contributed by atoms with van der Waals surface area (Å²) in [6, 6.07) is 16.7. The molecule has 142 valence electrons. The van der Waals surface area contributed by atoms with Gasteiger partial charge in [0.05, 0.1) is 10.6 Å². The summed E-state index contributed by atoms with van der Waals surface area (Å²) in [5.74, 6) is 0.695. The Morgan fingerprint density at radius 3 is 2.31 bits per heavy atom. The van der Waals surface area contributed by atoms with Crippen molar-refractivity contribution < 1.29 is 8.42 Å². The average molecular weight is 487 g/mol. The summed E-state index contributed by atoms with van der Waals surface area (Å²) >= 11 is 0. The van der Waals surface area contributed by atoms with Gasteiger partial charge in [-0.2, -0.15) is 0 Å². The molecule has 26 heavy (non-hydrogen) atoms. The van der Waals surface area contributed by atoms with Crippen LogP contribution < -0.4 is 5.32 Å². The van der Waals surface area contributed by atoms with Crippen molar-refractivity contribution in [2.75, 3.05) is 26.4 Å². The van der Waals surface area contributed by atoms with E-state index < -0.39 is 9.84 Å². The van der Waals surface area contributed by atoms with E-state index in [1.807, 2.05) is 24.1 Å². The molecule has 0 atom stereocenters. The Morgan fingerprint density at radius 1 is 1.08 bits per heavy atom. The van der Waals surface area contributed by atoms with Crippen molar-refractivity contribution in [3.63, 3.8) is 0 Å². The highest BCUT2D eigenvalue weighted by atomic mass is 127. The lowest BCUT2D eigenvalue weighted by molar-refractivity contribution is 0.477. The largest absolute Gasteiger partial charge is 0.355 e. The zero-order valence-electron chi connectivity index (χ0n) is 15.3. The van der Waals surface area contributed by atoms with Crippen LogP contribution in [0.1, 0.15) is 11.1 Å². The maximum Gasteiger partial charge on any atom is 0.193 e. The van der Waals surface area contributed by atoms with Crippen molar-refractivity contribution in [3.05, 3.63) is 65.7 Å². The number of halogens is 1. The molecule has 0 bridgehead atoms. The molecule has 1 N–H and O–H groups in total. The molecular formula is C19H26IN3O2S. The molecule has 0 saturated carbocycles. The van der Waals surface area contributed by atoms with Gasteiger partial charge in [0.2, 0.25) is 0 Å². The summed E-state index contributed by atoms with van der Waals surface area (Å²) in [5, 5.41) is 3.13. The summed E-state index contributed by atoms with van der Waals surface area (Å²) in [6.07, 6.45) is 0. The molecule has 2 rings (SSSR count). The summed E-state index contributed by atoms with van der Waals surface area (Å²) in [6.45, 7) is 3.09. The van der Waals surface area contributed by atoms with Crippen LogP contribution in [-0.4, -0.2) is 45.7 Å². The molecule has 0 saturated heterocycles. The maximum absolute atomic E-state index is 12.3. The van der Waals surface area contributed by atoms with Crippen molar-refractivity contribution >= 4 is 39.8 Å². The Balaban J connectivity index is 0.00000338. The summed E-state index contributed by atoms with van der Waals surface area (Å²) in [7, 11) is 0.343. The van der Waals surface area contributed by atoms with E-state index in [-0.39, 0.29) is 29.7 Å². The standard InChI is InChI=1S/C19H25N3O2S.HI/c1-16-9-7-8-10-17(16)15-22(3)19(20-2)21-13-14-25(23,24)18-11-5-4-6-12-18;/h4-12H,13-15H2,1-3H3,(H,20,21);1H. The third-order valence-corrected chi connectivity index (χ3v) is 5.73. The van der Waals surface area contributed by atoms with Gasteiger partial charge in [-0.1, -0.05) is 42.5 Å². The van der Waals surface area contributed by atoms with Gasteiger partial charge >= 0.3 is 0 Å². The molecule has 7 heteroatoms. The van der Waals surface area contributed by atoms with Crippen molar-refractivity contribution in [2.45, 2.75) is 18.4 Å². The number of nitrogens with one attached hydrogen (secondary N) is 1. The Kier molecular flexibility index (Phi) is 9.07. The number of nitrogens with zero attached hydrogens (tertiary/aromatic N) is 2. The molecule has 0 aliphatic rings. The molecule has 0 aliphatic heterocycles. The molecular weight excluding hydrogens is 461 g/mol.